The zero-order valence-electron chi connectivity index (χ0n) is 11.3. The zero-order chi connectivity index (χ0) is 14.7. The van der Waals surface area contributed by atoms with Gasteiger partial charge in [-0.2, -0.15) is 0 Å². The summed E-state index contributed by atoms with van der Waals surface area (Å²) in [6.45, 7) is 0. The summed E-state index contributed by atoms with van der Waals surface area (Å²) in [7, 11) is 3.38. The molecule has 1 amide bonds. The van der Waals surface area contributed by atoms with E-state index >= 15 is 0 Å². The van der Waals surface area contributed by atoms with Crippen molar-refractivity contribution in [3.63, 3.8) is 0 Å². The lowest BCUT2D eigenvalue weighted by atomic mass is 10.1. The Bertz CT molecular complexity index is 642. The van der Waals surface area contributed by atoms with Crippen LogP contribution in [0, 0.1) is 0 Å². The maximum atomic E-state index is 11.8. The number of nitrogen functional groups attached to an aromatic ring is 1. The second-order valence-electron chi connectivity index (χ2n) is 4.51. The van der Waals surface area contributed by atoms with Gasteiger partial charge in [-0.15, -0.1) is 0 Å². The van der Waals surface area contributed by atoms with Gasteiger partial charge in [0.2, 0.25) is 0 Å². The van der Waals surface area contributed by atoms with E-state index < -0.39 is 0 Å². The van der Waals surface area contributed by atoms with Gasteiger partial charge in [-0.05, 0) is 36.4 Å². The van der Waals surface area contributed by atoms with Gasteiger partial charge >= 0.3 is 0 Å². The number of nitrogens with zero attached hydrogens (tertiary/aromatic N) is 1. The van der Waals surface area contributed by atoms with Gasteiger partial charge in [0, 0.05) is 24.7 Å². The van der Waals surface area contributed by atoms with Gasteiger partial charge in [0.05, 0.1) is 5.69 Å². The highest BCUT2D eigenvalue weighted by Gasteiger charge is 2.11. The Labute approximate surface area is 122 Å². The second-order valence-corrected chi connectivity index (χ2v) is 4.95. The summed E-state index contributed by atoms with van der Waals surface area (Å²) in [6, 6.07) is 12.0. The molecule has 2 aromatic carbocycles. The molecule has 4 nitrogen and oxygen atoms in total. The van der Waals surface area contributed by atoms with E-state index in [1.165, 1.54) is 4.90 Å². The van der Waals surface area contributed by atoms with Crippen LogP contribution in [0.25, 0.3) is 0 Å². The predicted molar refractivity (Wildman–Crippen MR) is 80.4 cm³/mol. The number of hydrogen-bond donors (Lipinski definition) is 1. The fourth-order valence-electron chi connectivity index (χ4n) is 1.69. The molecule has 0 aliphatic carbocycles. The first kappa shape index (κ1) is 14.2. The van der Waals surface area contributed by atoms with Crippen LogP contribution < -0.4 is 10.5 Å². The van der Waals surface area contributed by atoms with Crippen LogP contribution >= 0.6 is 11.6 Å². The standard InChI is InChI=1S/C15H15ClN2O2/c1-18(2)15(19)10-6-7-14(13(17)8-10)20-12-5-3-4-11(16)9-12/h3-9H,17H2,1-2H3. The normalized spacial score (nSPS) is 10.2. The average molecular weight is 291 g/mol. The van der Waals surface area contributed by atoms with Gasteiger partial charge in [0.1, 0.15) is 11.5 Å². The molecule has 0 heterocycles. The van der Waals surface area contributed by atoms with Crippen LogP contribution in [0.5, 0.6) is 11.5 Å². The third-order valence-corrected chi connectivity index (χ3v) is 2.92. The highest BCUT2D eigenvalue weighted by Crippen LogP contribution is 2.29. The number of ether oxygens (including phenoxy) is 1. The van der Waals surface area contributed by atoms with Crippen molar-refractivity contribution in [3.05, 3.63) is 53.1 Å². The molecule has 5 heteroatoms. The molecule has 0 fully saturated rings. The summed E-state index contributed by atoms with van der Waals surface area (Å²) in [5, 5.41) is 0.584. The number of hydrogen-bond acceptors (Lipinski definition) is 3. The number of benzene rings is 2. The van der Waals surface area contributed by atoms with Crippen molar-refractivity contribution in [2.24, 2.45) is 0 Å². The molecule has 2 rings (SSSR count). The monoisotopic (exact) mass is 290 g/mol. The lowest BCUT2D eigenvalue weighted by molar-refractivity contribution is 0.0827. The van der Waals surface area contributed by atoms with Gasteiger partial charge in [-0.3, -0.25) is 4.79 Å². The molecule has 0 unspecified atom stereocenters. The lowest BCUT2D eigenvalue weighted by Crippen LogP contribution is -2.21. The zero-order valence-corrected chi connectivity index (χ0v) is 12.0. The Morgan fingerprint density at radius 1 is 1.20 bits per heavy atom. The summed E-state index contributed by atoms with van der Waals surface area (Å²) in [5.74, 6) is 0.976. The third-order valence-electron chi connectivity index (χ3n) is 2.69. The molecule has 20 heavy (non-hydrogen) atoms. The first-order valence-electron chi connectivity index (χ1n) is 6.02. The Morgan fingerprint density at radius 3 is 2.55 bits per heavy atom. The minimum Gasteiger partial charge on any atom is -0.455 e. The van der Waals surface area contributed by atoms with E-state index in [0.29, 0.717) is 27.8 Å². The number of nitrogens with two attached hydrogens (primary N) is 1. The van der Waals surface area contributed by atoms with Crippen molar-refractivity contribution in [2.45, 2.75) is 0 Å². The number of rotatable bonds is 3. The molecule has 2 N–H and O–H groups in total. The molecule has 0 saturated carbocycles. The fraction of sp³-hybridized carbons (Fsp3) is 0.133. The van der Waals surface area contributed by atoms with E-state index in [4.69, 9.17) is 22.1 Å². The summed E-state index contributed by atoms with van der Waals surface area (Å²) >= 11 is 5.89. The Morgan fingerprint density at radius 2 is 1.95 bits per heavy atom. The molecule has 104 valence electrons. The van der Waals surface area contributed by atoms with Gasteiger partial charge in [0.15, 0.2) is 0 Å². The smallest absolute Gasteiger partial charge is 0.253 e. The summed E-state index contributed by atoms with van der Waals surface area (Å²) < 4.78 is 5.65. The maximum absolute atomic E-state index is 11.8. The molecule has 0 aromatic heterocycles. The largest absolute Gasteiger partial charge is 0.455 e. The number of carbonyl (C=O) groups is 1. The lowest BCUT2D eigenvalue weighted by Gasteiger charge is -2.13. The van der Waals surface area contributed by atoms with E-state index in [9.17, 15) is 4.79 Å². The number of carbonyl (C=O) groups excluding carboxylic acids is 1. The summed E-state index contributed by atoms with van der Waals surface area (Å²) in [4.78, 5) is 13.3. The summed E-state index contributed by atoms with van der Waals surface area (Å²) in [5.41, 5.74) is 6.84. The summed E-state index contributed by atoms with van der Waals surface area (Å²) in [6.07, 6.45) is 0. The first-order chi connectivity index (χ1) is 9.47. The number of halogens is 1. The molecule has 0 radical (unpaired) electrons. The Balaban J connectivity index is 2.24. The van der Waals surface area contributed by atoms with Gasteiger partial charge < -0.3 is 15.4 Å². The third kappa shape index (κ3) is 3.22. The van der Waals surface area contributed by atoms with E-state index in [-0.39, 0.29) is 5.91 Å². The maximum Gasteiger partial charge on any atom is 0.253 e. The van der Waals surface area contributed by atoms with Crippen LogP contribution in [0.15, 0.2) is 42.5 Å². The predicted octanol–water partition coefficient (Wildman–Crippen LogP) is 3.42. The second kappa shape index (κ2) is 5.84. The molecule has 0 saturated heterocycles. The molecular weight excluding hydrogens is 276 g/mol. The molecule has 0 aliphatic heterocycles. The minimum absolute atomic E-state index is 0.106. The van der Waals surface area contributed by atoms with Gasteiger partial charge in [-0.25, -0.2) is 0 Å². The van der Waals surface area contributed by atoms with E-state index in [0.717, 1.165) is 0 Å². The highest BCUT2D eigenvalue weighted by atomic mass is 35.5. The van der Waals surface area contributed by atoms with Crippen LogP contribution in [-0.4, -0.2) is 24.9 Å². The van der Waals surface area contributed by atoms with E-state index in [1.807, 2.05) is 0 Å². The molecule has 0 atom stereocenters. The van der Waals surface area contributed by atoms with Gasteiger partial charge in [-0.1, -0.05) is 17.7 Å². The fourth-order valence-corrected chi connectivity index (χ4v) is 1.87. The highest BCUT2D eigenvalue weighted by molar-refractivity contribution is 6.30. The quantitative estimate of drug-likeness (QED) is 0.881. The van der Waals surface area contributed by atoms with Gasteiger partial charge in [0.25, 0.3) is 5.91 Å². The molecule has 0 spiro atoms. The van der Waals surface area contributed by atoms with Crippen molar-refractivity contribution in [2.75, 3.05) is 19.8 Å². The van der Waals surface area contributed by atoms with Crippen LogP contribution in [0.1, 0.15) is 10.4 Å². The van der Waals surface area contributed by atoms with E-state index in [2.05, 4.69) is 0 Å². The number of anilines is 1. The Hall–Kier alpha value is -2.20. The van der Waals surface area contributed by atoms with Crippen molar-refractivity contribution in [1.29, 1.82) is 0 Å². The van der Waals surface area contributed by atoms with Crippen molar-refractivity contribution < 1.29 is 9.53 Å². The first-order valence-corrected chi connectivity index (χ1v) is 6.40. The Kier molecular flexibility index (Phi) is 4.15. The molecule has 0 aliphatic rings. The van der Waals surface area contributed by atoms with Crippen molar-refractivity contribution in [1.82, 2.24) is 4.90 Å². The molecular formula is C15H15ClN2O2. The number of amides is 1. The van der Waals surface area contributed by atoms with E-state index in [1.54, 1.807) is 56.6 Å². The molecule has 2 aromatic rings. The molecule has 0 bridgehead atoms. The minimum atomic E-state index is -0.106. The van der Waals surface area contributed by atoms with Crippen molar-refractivity contribution in [3.8, 4) is 11.5 Å². The van der Waals surface area contributed by atoms with Crippen LogP contribution in [-0.2, 0) is 0 Å². The average Bonchev–Trinajstić information content (AvgIpc) is 2.40. The SMILES string of the molecule is CN(C)C(=O)c1ccc(Oc2cccc(Cl)c2)c(N)c1. The van der Waals surface area contributed by atoms with Crippen molar-refractivity contribution >= 4 is 23.2 Å². The van der Waals surface area contributed by atoms with Crippen LogP contribution in [0.4, 0.5) is 5.69 Å². The van der Waals surface area contributed by atoms with Crippen LogP contribution in [0.2, 0.25) is 5.02 Å². The van der Waals surface area contributed by atoms with Crippen LogP contribution in [0.3, 0.4) is 0 Å². The topological polar surface area (TPSA) is 55.6 Å².